The summed E-state index contributed by atoms with van der Waals surface area (Å²) < 4.78 is 0. The first-order valence-electron chi connectivity index (χ1n) is 9.84. The van der Waals surface area contributed by atoms with Crippen LogP contribution in [0.15, 0.2) is 60.7 Å². The predicted molar refractivity (Wildman–Crippen MR) is 110 cm³/mol. The number of rotatable bonds is 5. The van der Waals surface area contributed by atoms with Crippen molar-refractivity contribution < 1.29 is 14.7 Å². The molecule has 148 valence electrons. The number of imide groups is 1. The third-order valence-corrected chi connectivity index (χ3v) is 5.50. The summed E-state index contributed by atoms with van der Waals surface area (Å²) in [6, 6.07) is 18.0. The van der Waals surface area contributed by atoms with E-state index in [1.165, 1.54) is 4.90 Å². The van der Waals surface area contributed by atoms with Gasteiger partial charge in [0.1, 0.15) is 0 Å². The lowest BCUT2D eigenvalue weighted by molar-refractivity contribution is -0.138. The number of benzene rings is 2. The van der Waals surface area contributed by atoms with Crippen LogP contribution in [0.1, 0.15) is 38.9 Å². The van der Waals surface area contributed by atoms with Crippen LogP contribution in [-0.2, 0) is 4.79 Å². The Morgan fingerprint density at radius 1 is 1.00 bits per heavy atom. The Morgan fingerprint density at radius 2 is 1.57 bits per heavy atom. The molecular formula is C23H28N2O3. The number of aliphatic hydroxyl groups excluding tert-OH is 1. The highest BCUT2D eigenvalue weighted by molar-refractivity contribution is 6.04. The van der Waals surface area contributed by atoms with Crippen LogP contribution in [0.5, 0.6) is 0 Å². The van der Waals surface area contributed by atoms with Gasteiger partial charge in [-0.1, -0.05) is 69.3 Å². The normalized spacial score (nSPS) is 19.6. The number of hydrogen-bond acceptors (Lipinski definition) is 3. The zero-order valence-electron chi connectivity index (χ0n) is 16.7. The van der Waals surface area contributed by atoms with Crippen LogP contribution >= 0.6 is 0 Å². The Morgan fingerprint density at radius 3 is 2.14 bits per heavy atom. The molecule has 1 saturated heterocycles. The highest BCUT2D eigenvalue weighted by Gasteiger charge is 2.42. The van der Waals surface area contributed by atoms with Gasteiger partial charge >= 0.3 is 6.03 Å². The maximum absolute atomic E-state index is 13.3. The molecule has 3 atom stereocenters. The molecule has 2 aromatic rings. The molecule has 0 aliphatic carbocycles. The molecule has 1 N–H and O–H groups in total. The van der Waals surface area contributed by atoms with E-state index in [1.807, 2.05) is 62.4 Å². The van der Waals surface area contributed by atoms with E-state index >= 15 is 0 Å². The number of para-hydroxylation sites is 1. The summed E-state index contributed by atoms with van der Waals surface area (Å²) >= 11 is 0. The summed E-state index contributed by atoms with van der Waals surface area (Å²) in [6.45, 7) is 6.31. The molecule has 1 fully saturated rings. The SMILES string of the molecule is CC(C)[C@@H]1CCN(c2ccccc2)C(=O)N1C(=O)[C@@H](C)[C@@H](O)c1ccccc1. The van der Waals surface area contributed by atoms with E-state index in [9.17, 15) is 14.7 Å². The van der Waals surface area contributed by atoms with Crippen molar-refractivity contribution in [2.45, 2.75) is 39.3 Å². The number of carbonyl (C=O) groups is 2. The van der Waals surface area contributed by atoms with Crippen LogP contribution in [-0.4, -0.2) is 34.5 Å². The number of urea groups is 1. The Bertz CT molecular complexity index is 807. The molecule has 0 aromatic heterocycles. The predicted octanol–water partition coefficient (Wildman–Crippen LogP) is 4.24. The Hall–Kier alpha value is -2.66. The van der Waals surface area contributed by atoms with Crippen molar-refractivity contribution in [1.29, 1.82) is 0 Å². The molecule has 0 saturated carbocycles. The van der Waals surface area contributed by atoms with Gasteiger partial charge in [-0.25, -0.2) is 4.79 Å². The Kier molecular flexibility index (Phi) is 6.15. The number of amides is 3. The quantitative estimate of drug-likeness (QED) is 0.844. The fraction of sp³-hybridized carbons (Fsp3) is 0.391. The molecule has 1 aliphatic rings. The molecule has 0 unspecified atom stereocenters. The van der Waals surface area contributed by atoms with Crippen molar-refractivity contribution in [2.24, 2.45) is 11.8 Å². The van der Waals surface area contributed by atoms with Gasteiger partial charge in [0.2, 0.25) is 5.91 Å². The fourth-order valence-corrected chi connectivity index (χ4v) is 3.79. The van der Waals surface area contributed by atoms with Gasteiger partial charge in [0.15, 0.2) is 0 Å². The molecule has 3 amide bonds. The van der Waals surface area contributed by atoms with Gasteiger partial charge < -0.3 is 5.11 Å². The Labute approximate surface area is 166 Å². The molecule has 0 bridgehead atoms. The zero-order chi connectivity index (χ0) is 20.3. The molecule has 1 aliphatic heterocycles. The first kappa shape index (κ1) is 20.1. The minimum atomic E-state index is -0.957. The first-order chi connectivity index (χ1) is 13.4. The second-order valence-corrected chi connectivity index (χ2v) is 7.72. The van der Waals surface area contributed by atoms with Crippen LogP contribution in [0.25, 0.3) is 0 Å². The largest absolute Gasteiger partial charge is 0.388 e. The van der Waals surface area contributed by atoms with Crippen LogP contribution in [0, 0.1) is 11.8 Å². The van der Waals surface area contributed by atoms with Crippen LogP contribution in [0.3, 0.4) is 0 Å². The Balaban J connectivity index is 1.88. The van der Waals surface area contributed by atoms with Crippen molar-refractivity contribution in [1.82, 2.24) is 4.90 Å². The zero-order valence-corrected chi connectivity index (χ0v) is 16.7. The summed E-state index contributed by atoms with van der Waals surface area (Å²) in [7, 11) is 0. The van der Waals surface area contributed by atoms with E-state index in [4.69, 9.17) is 0 Å². The molecule has 5 nitrogen and oxygen atoms in total. The van der Waals surface area contributed by atoms with E-state index in [-0.39, 0.29) is 23.9 Å². The molecule has 3 rings (SSSR count). The van der Waals surface area contributed by atoms with Gasteiger partial charge in [0.25, 0.3) is 0 Å². The number of hydrogen-bond donors (Lipinski definition) is 1. The molecular weight excluding hydrogens is 352 g/mol. The van der Waals surface area contributed by atoms with E-state index in [0.717, 1.165) is 5.69 Å². The second-order valence-electron chi connectivity index (χ2n) is 7.72. The molecule has 5 heteroatoms. The third kappa shape index (κ3) is 3.94. The van der Waals surface area contributed by atoms with Crippen LogP contribution < -0.4 is 4.90 Å². The van der Waals surface area contributed by atoms with Crippen LogP contribution in [0.4, 0.5) is 10.5 Å². The highest BCUT2D eigenvalue weighted by atomic mass is 16.3. The van der Waals surface area contributed by atoms with Gasteiger partial charge in [0.05, 0.1) is 12.0 Å². The van der Waals surface area contributed by atoms with E-state index in [1.54, 1.807) is 24.0 Å². The maximum Gasteiger partial charge on any atom is 0.331 e. The van der Waals surface area contributed by atoms with Crippen LogP contribution in [0.2, 0.25) is 0 Å². The third-order valence-electron chi connectivity index (χ3n) is 5.50. The minimum Gasteiger partial charge on any atom is -0.388 e. The van der Waals surface area contributed by atoms with Gasteiger partial charge in [0, 0.05) is 18.3 Å². The van der Waals surface area contributed by atoms with Gasteiger partial charge in [-0.2, -0.15) is 0 Å². The smallest absolute Gasteiger partial charge is 0.331 e. The van der Waals surface area contributed by atoms with E-state index in [0.29, 0.717) is 18.5 Å². The number of carbonyl (C=O) groups excluding carboxylic acids is 2. The van der Waals surface area contributed by atoms with E-state index in [2.05, 4.69) is 0 Å². The first-order valence-corrected chi connectivity index (χ1v) is 9.84. The van der Waals surface area contributed by atoms with Gasteiger partial charge in [-0.05, 0) is 30.0 Å². The average molecular weight is 380 g/mol. The van der Waals surface area contributed by atoms with E-state index < -0.39 is 12.0 Å². The molecule has 1 heterocycles. The highest BCUT2D eigenvalue weighted by Crippen LogP contribution is 2.31. The van der Waals surface area contributed by atoms with Crippen molar-refractivity contribution in [3.05, 3.63) is 66.2 Å². The monoisotopic (exact) mass is 380 g/mol. The topological polar surface area (TPSA) is 60.9 Å². The summed E-state index contributed by atoms with van der Waals surface area (Å²) in [6.07, 6.45) is -0.250. The standard InChI is InChI=1S/C23H28N2O3/c1-16(2)20-14-15-24(19-12-8-5-9-13-19)23(28)25(20)22(27)17(3)21(26)18-10-6-4-7-11-18/h4-13,16-17,20-21,26H,14-15H2,1-3H3/t17-,20-,21+/m0/s1. The lowest BCUT2D eigenvalue weighted by atomic mass is 9.92. The number of anilines is 1. The lowest BCUT2D eigenvalue weighted by Gasteiger charge is -2.43. The average Bonchev–Trinajstić information content (AvgIpc) is 2.73. The fourth-order valence-electron chi connectivity index (χ4n) is 3.79. The van der Waals surface area contributed by atoms with Crippen molar-refractivity contribution >= 4 is 17.6 Å². The summed E-state index contributed by atoms with van der Waals surface area (Å²) in [5.74, 6) is -0.907. The molecule has 2 aromatic carbocycles. The number of aliphatic hydroxyl groups is 1. The van der Waals surface area contributed by atoms with Crippen molar-refractivity contribution in [2.75, 3.05) is 11.4 Å². The second kappa shape index (κ2) is 8.57. The summed E-state index contributed by atoms with van der Waals surface area (Å²) in [5.41, 5.74) is 1.46. The molecule has 28 heavy (non-hydrogen) atoms. The van der Waals surface area contributed by atoms with Gasteiger partial charge in [-0.15, -0.1) is 0 Å². The lowest BCUT2D eigenvalue weighted by Crippen LogP contribution is -2.59. The maximum atomic E-state index is 13.3. The van der Waals surface area contributed by atoms with Crippen molar-refractivity contribution in [3.8, 4) is 0 Å². The molecule has 0 spiro atoms. The summed E-state index contributed by atoms with van der Waals surface area (Å²) in [5, 5.41) is 10.7. The van der Waals surface area contributed by atoms with Gasteiger partial charge in [-0.3, -0.25) is 14.6 Å². The minimum absolute atomic E-state index is 0.145. The molecule has 0 radical (unpaired) electrons. The summed E-state index contributed by atoms with van der Waals surface area (Å²) in [4.78, 5) is 29.7. The van der Waals surface area contributed by atoms with Crippen molar-refractivity contribution in [3.63, 3.8) is 0 Å². The number of nitrogens with zero attached hydrogens (tertiary/aromatic N) is 2.